The highest BCUT2D eigenvalue weighted by Crippen LogP contribution is 2.24. The van der Waals surface area contributed by atoms with Crippen LogP contribution in [0.5, 0.6) is 0 Å². The molecule has 2 heterocycles. The van der Waals surface area contributed by atoms with Crippen LogP contribution in [0.15, 0.2) is 59.6 Å². The monoisotopic (exact) mass is 455 g/mol. The first-order valence-electron chi connectivity index (χ1n) is 10.5. The zero-order valence-corrected chi connectivity index (χ0v) is 19.8. The fourth-order valence-electron chi connectivity index (χ4n) is 3.05. The smallest absolute Gasteiger partial charge is 0.306 e. The highest BCUT2D eigenvalue weighted by molar-refractivity contribution is 7.99. The number of esters is 1. The maximum absolute atomic E-state index is 11.1. The zero-order valence-electron chi connectivity index (χ0n) is 18.1. The van der Waals surface area contributed by atoms with Gasteiger partial charge in [0.2, 0.25) is 0 Å². The Hall–Kier alpha value is -2.38. The Morgan fingerprint density at radius 3 is 2.77 bits per heavy atom. The molecule has 0 saturated carbocycles. The molecule has 0 fully saturated rings. The van der Waals surface area contributed by atoms with E-state index in [9.17, 15) is 4.79 Å². The Kier molecular flexibility index (Phi) is 9.37. The lowest BCUT2D eigenvalue weighted by Gasteiger charge is -2.03. The SMILES string of the molecule is COC(=O)CCSC/C=C(\C)CCn1cc(CCc2ccc(-c3cccs3)cc2)nn1. The number of nitrogens with zero attached hydrogens (tertiary/aromatic N) is 3. The molecule has 0 aliphatic carbocycles. The van der Waals surface area contributed by atoms with E-state index in [1.165, 1.54) is 28.7 Å². The molecule has 3 rings (SSSR count). The van der Waals surface area contributed by atoms with Crippen molar-refractivity contribution in [3.05, 3.63) is 70.9 Å². The van der Waals surface area contributed by atoms with Gasteiger partial charge in [-0.15, -0.1) is 16.4 Å². The topological polar surface area (TPSA) is 57.0 Å². The average molecular weight is 456 g/mol. The molecule has 1 aromatic carbocycles. The molecule has 0 amide bonds. The van der Waals surface area contributed by atoms with Crippen LogP contribution in [0.25, 0.3) is 10.4 Å². The third kappa shape index (κ3) is 7.99. The van der Waals surface area contributed by atoms with E-state index in [4.69, 9.17) is 0 Å². The van der Waals surface area contributed by atoms with Gasteiger partial charge in [-0.05, 0) is 48.8 Å². The molecule has 164 valence electrons. The van der Waals surface area contributed by atoms with Gasteiger partial charge in [0.1, 0.15) is 0 Å². The van der Waals surface area contributed by atoms with Crippen molar-refractivity contribution < 1.29 is 9.53 Å². The summed E-state index contributed by atoms with van der Waals surface area (Å²) in [5, 5.41) is 10.7. The van der Waals surface area contributed by atoms with Crippen LogP contribution in [-0.2, 0) is 28.9 Å². The second kappa shape index (κ2) is 12.5. The van der Waals surface area contributed by atoms with Crippen molar-refractivity contribution in [2.45, 2.75) is 39.2 Å². The molecule has 0 aliphatic rings. The molecule has 0 bridgehead atoms. The summed E-state index contributed by atoms with van der Waals surface area (Å²) in [4.78, 5) is 12.4. The number of hydrogen-bond donors (Lipinski definition) is 0. The van der Waals surface area contributed by atoms with Crippen molar-refractivity contribution in [3.63, 3.8) is 0 Å². The largest absolute Gasteiger partial charge is 0.469 e. The molecule has 3 aromatic rings. The molecule has 0 N–H and O–H groups in total. The molecule has 7 heteroatoms. The summed E-state index contributed by atoms with van der Waals surface area (Å²) >= 11 is 3.51. The van der Waals surface area contributed by atoms with Crippen molar-refractivity contribution in [1.82, 2.24) is 15.0 Å². The van der Waals surface area contributed by atoms with E-state index in [2.05, 4.69) is 76.0 Å². The normalized spacial score (nSPS) is 11.6. The first-order valence-corrected chi connectivity index (χ1v) is 12.5. The molecule has 0 radical (unpaired) electrons. The van der Waals surface area contributed by atoms with Gasteiger partial charge in [0.25, 0.3) is 0 Å². The summed E-state index contributed by atoms with van der Waals surface area (Å²) in [6.07, 6.45) is 7.55. The van der Waals surface area contributed by atoms with Crippen LogP contribution >= 0.6 is 23.1 Å². The van der Waals surface area contributed by atoms with Crippen LogP contribution in [0, 0.1) is 0 Å². The van der Waals surface area contributed by atoms with Crippen LogP contribution < -0.4 is 0 Å². The number of hydrogen-bond acceptors (Lipinski definition) is 6. The first-order chi connectivity index (χ1) is 15.1. The predicted octanol–water partition coefficient (Wildman–Crippen LogP) is 5.42. The number of thioether (sulfide) groups is 1. The second-order valence-corrected chi connectivity index (χ2v) is 9.45. The van der Waals surface area contributed by atoms with Crippen molar-refractivity contribution in [2.75, 3.05) is 18.6 Å². The molecule has 2 aromatic heterocycles. The number of methoxy groups -OCH3 is 1. The third-order valence-electron chi connectivity index (χ3n) is 4.98. The van der Waals surface area contributed by atoms with Crippen LogP contribution in [-0.4, -0.2) is 39.6 Å². The molecule has 0 spiro atoms. The highest BCUT2D eigenvalue weighted by atomic mass is 32.2. The van der Waals surface area contributed by atoms with Gasteiger partial charge in [0.15, 0.2) is 0 Å². The lowest BCUT2D eigenvalue weighted by Crippen LogP contribution is -2.01. The van der Waals surface area contributed by atoms with Gasteiger partial charge in [-0.2, -0.15) is 11.8 Å². The number of aryl methyl sites for hydroxylation is 3. The van der Waals surface area contributed by atoms with Gasteiger partial charge in [-0.1, -0.05) is 47.2 Å². The Labute approximate surface area is 192 Å². The summed E-state index contributed by atoms with van der Waals surface area (Å²) in [7, 11) is 1.43. The molecule has 0 saturated heterocycles. The number of carbonyl (C=O) groups excluding carboxylic acids is 1. The van der Waals surface area contributed by atoms with Crippen LogP contribution in [0.4, 0.5) is 0 Å². The third-order valence-corrected chi connectivity index (χ3v) is 6.79. The molecule has 0 unspecified atom stereocenters. The Bertz CT molecular complexity index is 963. The van der Waals surface area contributed by atoms with E-state index >= 15 is 0 Å². The van der Waals surface area contributed by atoms with E-state index in [1.54, 1.807) is 23.1 Å². The fraction of sp³-hybridized carbons (Fsp3) is 0.375. The minimum atomic E-state index is -0.148. The summed E-state index contributed by atoms with van der Waals surface area (Å²) < 4.78 is 6.57. The quantitative estimate of drug-likeness (QED) is 0.207. The van der Waals surface area contributed by atoms with Crippen LogP contribution in [0.1, 0.15) is 31.0 Å². The molecule has 0 aliphatic heterocycles. The number of thiophene rings is 1. The minimum Gasteiger partial charge on any atom is -0.469 e. The standard InChI is InChI=1S/C24H29N3O2S2/c1-19(12-16-30-17-13-24(28)29-2)11-14-27-18-22(25-26-27)10-7-20-5-8-21(9-6-20)23-4-3-15-31-23/h3-6,8-9,12,15,18H,7,10-11,13-14,16-17H2,1-2H3/b19-12+. The van der Waals surface area contributed by atoms with Gasteiger partial charge >= 0.3 is 5.97 Å². The Balaban J connectivity index is 1.37. The Morgan fingerprint density at radius 1 is 1.19 bits per heavy atom. The van der Waals surface area contributed by atoms with Crippen molar-refractivity contribution in [1.29, 1.82) is 0 Å². The lowest BCUT2D eigenvalue weighted by molar-refractivity contribution is -0.140. The number of ether oxygens (including phenoxy) is 1. The van der Waals surface area contributed by atoms with Crippen molar-refractivity contribution in [3.8, 4) is 10.4 Å². The summed E-state index contributed by atoms with van der Waals surface area (Å²) in [6, 6.07) is 13.0. The molecule has 0 atom stereocenters. The van der Waals surface area contributed by atoms with E-state index in [0.717, 1.165) is 43.0 Å². The first kappa shape index (κ1) is 23.3. The molecule has 5 nitrogen and oxygen atoms in total. The highest BCUT2D eigenvalue weighted by Gasteiger charge is 2.04. The number of carbonyl (C=O) groups is 1. The molecule has 31 heavy (non-hydrogen) atoms. The molecular formula is C24H29N3O2S2. The number of aromatic nitrogens is 3. The summed E-state index contributed by atoms with van der Waals surface area (Å²) in [5.74, 6) is 1.56. The van der Waals surface area contributed by atoms with Gasteiger partial charge < -0.3 is 4.74 Å². The fourth-order valence-corrected chi connectivity index (χ4v) is 4.66. The van der Waals surface area contributed by atoms with Crippen LogP contribution in [0.3, 0.4) is 0 Å². The van der Waals surface area contributed by atoms with E-state index in [-0.39, 0.29) is 5.97 Å². The van der Waals surface area contributed by atoms with Gasteiger partial charge in [-0.25, -0.2) is 0 Å². The van der Waals surface area contributed by atoms with Crippen molar-refractivity contribution >= 4 is 29.1 Å². The number of allylic oxidation sites excluding steroid dienone is 1. The van der Waals surface area contributed by atoms with Crippen LogP contribution in [0.2, 0.25) is 0 Å². The second-order valence-electron chi connectivity index (χ2n) is 7.35. The van der Waals surface area contributed by atoms with Gasteiger partial charge in [0, 0.05) is 29.1 Å². The minimum absolute atomic E-state index is 0.148. The predicted molar refractivity (Wildman–Crippen MR) is 130 cm³/mol. The molecular weight excluding hydrogens is 426 g/mol. The van der Waals surface area contributed by atoms with E-state index in [1.807, 2.05) is 4.68 Å². The maximum Gasteiger partial charge on any atom is 0.306 e. The zero-order chi connectivity index (χ0) is 21.9. The van der Waals surface area contributed by atoms with E-state index < -0.39 is 0 Å². The maximum atomic E-state index is 11.1. The van der Waals surface area contributed by atoms with E-state index in [0.29, 0.717) is 6.42 Å². The summed E-state index contributed by atoms with van der Waals surface area (Å²) in [5.41, 5.74) is 4.95. The summed E-state index contributed by atoms with van der Waals surface area (Å²) in [6.45, 7) is 2.97. The van der Waals surface area contributed by atoms with Crippen molar-refractivity contribution in [2.24, 2.45) is 0 Å². The van der Waals surface area contributed by atoms with Gasteiger partial charge in [0.05, 0.1) is 19.2 Å². The number of rotatable bonds is 12. The lowest BCUT2D eigenvalue weighted by atomic mass is 10.1. The Morgan fingerprint density at radius 2 is 2.03 bits per heavy atom. The number of benzene rings is 1. The average Bonchev–Trinajstić information content (AvgIpc) is 3.48. The van der Waals surface area contributed by atoms with Gasteiger partial charge in [-0.3, -0.25) is 9.48 Å².